The zero-order chi connectivity index (χ0) is 23.8. The topological polar surface area (TPSA) is 109 Å². The number of methoxy groups -OCH3 is 1. The van der Waals surface area contributed by atoms with Crippen molar-refractivity contribution in [3.63, 3.8) is 0 Å². The monoisotopic (exact) mass is 452 g/mol. The Labute approximate surface area is 191 Å². The van der Waals surface area contributed by atoms with E-state index < -0.39 is 5.97 Å². The fourth-order valence-electron chi connectivity index (χ4n) is 3.22. The molecule has 3 rings (SSSR count). The van der Waals surface area contributed by atoms with Crippen LogP contribution in [0.5, 0.6) is 11.5 Å². The van der Waals surface area contributed by atoms with E-state index in [0.717, 1.165) is 10.9 Å². The van der Waals surface area contributed by atoms with E-state index in [2.05, 4.69) is 6.07 Å². The van der Waals surface area contributed by atoms with Crippen molar-refractivity contribution in [3.8, 4) is 23.3 Å². The van der Waals surface area contributed by atoms with Crippen LogP contribution in [0.4, 0.5) is 0 Å². The van der Waals surface area contributed by atoms with Crippen molar-refractivity contribution in [1.29, 1.82) is 5.26 Å². The molecule has 0 amide bonds. The number of rotatable bonds is 10. The molecule has 0 aliphatic rings. The number of fused-ring (bicyclic) bond motifs is 1. The maximum absolute atomic E-state index is 12.3. The lowest BCUT2D eigenvalue weighted by molar-refractivity contribution is -0.141. The number of hydrogen-bond donors (Lipinski definition) is 0. The van der Waals surface area contributed by atoms with Crippen LogP contribution in [0, 0.1) is 11.3 Å². The Kier molecular flexibility index (Phi) is 7.89. The number of benzene rings is 2. The van der Waals surface area contributed by atoms with Crippen molar-refractivity contribution in [3.05, 3.63) is 53.7 Å². The number of esters is 2. The molecule has 9 nitrogen and oxygen atoms in total. The van der Waals surface area contributed by atoms with Gasteiger partial charge in [0.05, 0.1) is 17.7 Å². The summed E-state index contributed by atoms with van der Waals surface area (Å²) >= 11 is 0. The largest absolute Gasteiger partial charge is 0.490 e. The van der Waals surface area contributed by atoms with Gasteiger partial charge in [-0.3, -0.25) is 4.79 Å². The molecule has 1 aromatic heterocycles. The van der Waals surface area contributed by atoms with E-state index in [1.54, 1.807) is 54.1 Å². The van der Waals surface area contributed by atoms with Crippen LogP contribution in [0.3, 0.4) is 0 Å². The molecular weight excluding hydrogens is 428 g/mol. The van der Waals surface area contributed by atoms with Crippen LogP contribution in [-0.4, -0.2) is 50.2 Å². The molecule has 0 aliphatic heterocycles. The van der Waals surface area contributed by atoms with Gasteiger partial charge in [-0.05, 0) is 31.2 Å². The first-order chi connectivity index (χ1) is 16.0. The van der Waals surface area contributed by atoms with Crippen molar-refractivity contribution in [1.82, 2.24) is 4.57 Å². The summed E-state index contributed by atoms with van der Waals surface area (Å²) in [7, 11) is 1.48. The molecular formula is C24H24N2O7. The molecule has 0 saturated carbocycles. The van der Waals surface area contributed by atoms with Gasteiger partial charge in [0, 0.05) is 43.4 Å². The predicted molar refractivity (Wildman–Crippen MR) is 119 cm³/mol. The molecule has 2 aromatic carbocycles. The summed E-state index contributed by atoms with van der Waals surface area (Å²) in [6.45, 7) is 3.57. The minimum absolute atomic E-state index is 0.0496. The molecule has 0 unspecified atom stereocenters. The number of carbonyl (C=O) groups excluding carboxylic acids is 2. The second-order valence-corrected chi connectivity index (χ2v) is 6.84. The lowest BCUT2D eigenvalue weighted by atomic mass is 10.1. The summed E-state index contributed by atoms with van der Waals surface area (Å²) in [4.78, 5) is 23.2. The molecule has 9 heteroatoms. The molecule has 0 N–H and O–H groups in total. The Morgan fingerprint density at radius 1 is 1.06 bits per heavy atom. The Bertz CT molecular complexity index is 1190. The molecule has 1 heterocycles. The number of carbonyl (C=O) groups is 2. The minimum atomic E-state index is -0.506. The predicted octanol–water partition coefficient (Wildman–Crippen LogP) is 3.60. The third-order valence-electron chi connectivity index (χ3n) is 4.63. The number of hydrogen-bond acceptors (Lipinski definition) is 8. The summed E-state index contributed by atoms with van der Waals surface area (Å²) in [5.41, 5.74) is 2.13. The third kappa shape index (κ3) is 5.61. The summed E-state index contributed by atoms with van der Waals surface area (Å²) in [5.74, 6) is -0.0347. The summed E-state index contributed by atoms with van der Waals surface area (Å²) < 4.78 is 28.1. The van der Waals surface area contributed by atoms with Gasteiger partial charge in [0.2, 0.25) is 0 Å². The lowest BCUT2D eigenvalue weighted by Gasteiger charge is -2.13. The molecule has 0 atom stereocenters. The molecule has 0 fully saturated rings. The van der Waals surface area contributed by atoms with E-state index in [-0.39, 0.29) is 38.1 Å². The van der Waals surface area contributed by atoms with Crippen molar-refractivity contribution in [2.75, 3.05) is 33.7 Å². The van der Waals surface area contributed by atoms with Crippen molar-refractivity contribution in [2.45, 2.75) is 13.8 Å². The standard InChI is InChI=1S/C24H24N2O7/c1-4-30-24(28)21-7-5-18(11-23(21)33-15-29-3)26-14-17(13-25)20-8-6-19(12-22(20)26)32-10-9-31-16(2)27/h5-8,11-12,14H,4,9-10,15H2,1-3H3. The van der Waals surface area contributed by atoms with E-state index in [1.165, 1.54) is 14.0 Å². The zero-order valence-corrected chi connectivity index (χ0v) is 18.6. The number of aromatic nitrogens is 1. The third-order valence-corrected chi connectivity index (χ3v) is 4.63. The highest BCUT2D eigenvalue weighted by Crippen LogP contribution is 2.31. The average molecular weight is 452 g/mol. The van der Waals surface area contributed by atoms with Gasteiger partial charge in [-0.2, -0.15) is 5.26 Å². The van der Waals surface area contributed by atoms with Gasteiger partial charge in [-0.15, -0.1) is 0 Å². The van der Waals surface area contributed by atoms with E-state index in [0.29, 0.717) is 22.7 Å². The van der Waals surface area contributed by atoms with E-state index in [1.807, 2.05) is 0 Å². The maximum Gasteiger partial charge on any atom is 0.341 e. The molecule has 33 heavy (non-hydrogen) atoms. The number of nitrogens with zero attached hydrogens (tertiary/aromatic N) is 2. The van der Waals surface area contributed by atoms with Gasteiger partial charge in [0.15, 0.2) is 6.79 Å². The van der Waals surface area contributed by atoms with Crippen LogP contribution >= 0.6 is 0 Å². The molecule has 0 bridgehead atoms. The highest BCUT2D eigenvalue weighted by Gasteiger charge is 2.17. The second kappa shape index (κ2) is 11.0. The first kappa shape index (κ1) is 23.6. The van der Waals surface area contributed by atoms with Crippen molar-refractivity contribution < 1.29 is 33.3 Å². The first-order valence-corrected chi connectivity index (χ1v) is 10.2. The molecule has 0 radical (unpaired) electrons. The Morgan fingerprint density at radius 3 is 2.58 bits per heavy atom. The normalized spacial score (nSPS) is 10.5. The van der Waals surface area contributed by atoms with Crippen LogP contribution in [0.1, 0.15) is 29.8 Å². The van der Waals surface area contributed by atoms with Crippen LogP contribution in [-0.2, 0) is 19.0 Å². The smallest absolute Gasteiger partial charge is 0.341 e. The lowest BCUT2D eigenvalue weighted by Crippen LogP contribution is -2.10. The molecule has 0 aliphatic carbocycles. The fourth-order valence-corrected chi connectivity index (χ4v) is 3.22. The second-order valence-electron chi connectivity index (χ2n) is 6.84. The van der Waals surface area contributed by atoms with E-state index in [4.69, 9.17) is 23.7 Å². The van der Waals surface area contributed by atoms with Crippen molar-refractivity contribution >= 4 is 22.8 Å². The fraction of sp³-hybridized carbons (Fsp3) is 0.292. The van der Waals surface area contributed by atoms with Crippen LogP contribution in [0.25, 0.3) is 16.6 Å². The van der Waals surface area contributed by atoms with Crippen molar-refractivity contribution in [2.24, 2.45) is 0 Å². The van der Waals surface area contributed by atoms with Crippen LogP contribution in [0.15, 0.2) is 42.6 Å². The van der Waals surface area contributed by atoms with Crippen LogP contribution in [0.2, 0.25) is 0 Å². The maximum atomic E-state index is 12.3. The molecule has 0 spiro atoms. The SMILES string of the molecule is CCOC(=O)c1ccc(-n2cc(C#N)c3ccc(OCCOC(C)=O)cc32)cc1OCOC. The van der Waals surface area contributed by atoms with Gasteiger partial charge in [-0.1, -0.05) is 0 Å². The summed E-state index contributed by atoms with van der Waals surface area (Å²) in [5, 5.41) is 10.3. The highest BCUT2D eigenvalue weighted by molar-refractivity contribution is 5.93. The Hall–Kier alpha value is -4.03. The minimum Gasteiger partial charge on any atom is -0.490 e. The van der Waals surface area contributed by atoms with Gasteiger partial charge in [-0.25, -0.2) is 4.79 Å². The van der Waals surface area contributed by atoms with E-state index in [9.17, 15) is 14.9 Å². The summed E-state index contributed by atoms with van der Waals surface area (Å²) in [6, 6.07) is 12.6. The number of ether oxygens (including phenoxy) is 5. The summed E-state index contributed by atoms with van der Waals surface area (Å²) in [6.07, 6.45) is 1.70. The molecule has 172 valence electrons. The van der Waals surface area contributed by atoms with E-state index >= 15 is 0 Å². The quantitative estimate of drug-likeness (QED) is 0.261. The number of nitriles is 1. The highest BCUT2D eigenvalue weighted by atomic mass is 16.7. The van der Waals surface area contributed by atoms with Crippen LogP contribution < -0.4 is 9.47 Å². The van der Waals surface area contributed by atoms with Gasteiger partial charge in [0.1, 0.15) is 36.3 Å². The van der Waals surface area contributed by atoms with Gasteiger partial charge in [0.25, 0.3) is 0 Å². The first-order valence-electron chi connectivity index (χ1n) is 10.2. The zero-order valence-electron chi connectivity index (χ0n) is 18.6. The average Bonchev–Trinajstić information content (AvgIpc) is 3.18. The Morgan fingerprint density at radius 2 is 1.88 bits per heavy atom. The Balaban J connectivity index is 2.00. The van der Waals surface area contributed by atoms with Gasteiger partial charge >= 0.3 is 11.9 Å². The van der Waals surface area contributed by atoms with Gasteiger partial charge < -0.3 is 28.3 Å². The molecule has 3 aromatic rings. The molecule has 0 saturated heterocycles.